The average Bonchev–Trinajstić information content (AvgIpc) is 3.48. The highest BCUT2D eigenvalue weighted by Crippen LogP contribution is 2.45. The number of phosphoric acid groups is 2. The summed E-state index contributed by atoms with van der Waals surface area (Å²) in [6.07, 6.45) is 36.4. The predicted molar refractivity (Wildman–Crippen MR) is 340 cm³/mol. The number of esters is 4. The first kappa shape index (κ1) is 83.1. The molecule has 3 N–H and O–H groups in total. The minimum absolute atomic E-state index is 0.102. The molecule has 0 amide bonds. The maximum atomic E-state index is 13.0. The van der Waals surface area contributed by atoms with E-state index >= 15 is 0 Å². The Morgan fingerprint density at radius 1 is 0.329 bits per heavy atom. The fourth-order valence-corrected chi connectivity index (χ4v) is 11.3. The lowest BCUT2D eigenvalue weighted by Crippen LogP contribution is -2.30. The summed E-state index contributed by atoms with van der Waals surface area (Å²) < 4.78 is 68.1. The third kappa shape index (κ3) is 59.5. The minimum Gasteiger partial charge on any atom is -0.462 e. The van der Waals surface area contributed by atoms with Gasteiger partial charge in [0.15, 0.2) is 12.2 Å². The van der Waals surface area contributed by atoms with E-state index in [1.807, 2.05) is 0 Å². The summed E-state index contributed by atoms with van der Waals surface area (Å²) in [5, 5.41) is 10.5. The Balaban J connectivity index is 5.24. The van der Waals surface area contributed by atoms with Crippen LogP contribution in [0.1, 0.15) is 319 Å². The number of aliphatic hydroxyl groups excluding tert-OH is 1. The molecule has 0 saturated carbocycles. The van der Waals surface area contributed by atoms with Gasteiger partial charge in [-0.25, -0.2) is 9.13 Å². The van der Waals surface area contributed by atoms with Crippen molar-refractivity contribution in [2.45, 2.75) is 337 Å². The predicted octanol–water partition coefficient (Wildman–Crippen LogP) is 18.1. The Morgan fingerprint density at radius 2 is 0.565 bits per heavy atom. The summed E-state index contributed by atoms with van der Waals surface area (Å²) in [5.41, 5.74) is 0. The maximum Gasteiger partial charge on any atom is 0.472 e. The molecule has 6 atom stereocenters. The highest BCUT2D eigenvalue weighted by molar-refractivity contribution is 7.47. The van der Waals surface area contributed by atoms with Gasteiger partial charge >= 0.3 is 39.5 Å². The van der Waals surface area contributed by atoms with Gasteiger partial charge in [0, 0.05) is 25.7 Å². The normalized spacial score (nSPS) is 14.7. The first-order valence-electron chi connectivity index (χ1n) is 34.2. The summed E-state index contributed by atoms with van der Waals surface area (Å²) >= 11 is 0. The molecule has 0 spiro atoms. The van der Waals surface area contributed by atoms with Crippen molar-refractivity contribution in [3.63, 3.8) is 0 Å². The number of carbonyl (C=O) groups excluding carboxylic acids is 4. The van der Waals surface area contributed by atoms with Gasteiger partial charge in [-0.2, -0.15) is 0 Å². The van der Waals surface area contributed by atoms with Crippen LogP contribution < -0.4 is 0 Å². The largest absolute Gasteiger partial charge is 0.472 e. The molecule has 0 aliphatic rings. The molecule has 0 aromatic rings. The Morgan fingerprint density at radius 3 is 0.835 bits per heavy atom. The number of rotatable bonds is 63. The molecule has 0 heterocycles. The van der Waals surface area contributed by atoms with Crippen molar-refractivity contribution in [1.29, 1.82) is 0 Å². The molecule has 4 unspecified atom stereocenters. The SMILES string of the molecule is CCC(C)CCCCCCCCC(=O)OC[C@H](COP(=O)(O)OCC(O)COP(=O)(O)OC[C@@H](COC(=O)CCCCCCCCCC(C)C)OC(=O)CCCCCCCCCC(C)C)OC(=O)CCCCCCCCCCCCCCC(C)C. The molecule has 0 bridgehead atoms. The van der Waals surface area contributed by atoms with E-state index in [1.54, 1.807) is 0 Å². The third-order valence-corrected chi connectivity index (χ3v) is 17.3. The molecule has 0 aromatic carbocycles. The molecule has 19 heteroatoms. The minimum atomic E-state index is -4.95. The van der Waals surface area contributed by atoms with Crippen LogP contribution in [0.25, 0.3) is 0 Å². The molecule has 0 saturated heterocycles. The van der Waals surface area contributed by atoms with Crippen molar-refractivity contribution in [3.8, 4) is 0 Å². The summed E-state index contributed by atoms with van der Waals surface area (Å²) in [5.74, 6) is 0.770. The van der Waals surface area contributed by atoms with Crippen LogP contribution in [0.3, 0.4) is 0 Å². The van der Waals surface area contributed by atoms with Gasteiger partial charge in [-0.1, -0.05) is 267 Å². The van der Waals surface area contributed by atoms with Gasteiger partial charge in [0.05, 0.1) is 26.4 Å². The quantitative estimate of drug-likeness (QED) is 0.0222. The molecule has 0 aliphatic carbocycles. The first-order valence-corrected chi connectivity index (χ1v) is 37.2. The fourth-order valence-electron chi connectivity index (χ4n) is 9.75. The monoisotopic (exact) mass is 1250 g/mol. The summed E-state index contributed by atoms with van der Waals surface area (Å²) in [4.78, 5) is 72.3. The maximum absolute atomic E-state index is 13.0. The van der Waals surface area contributed by atoms with E-state index in [-0.39, 0.29) is 25.7 Å². The molecule has 504 valence electrons. The Hall–Kier alpha value is -1.94. The van der Waals surface area contributed by atoms with Gasteiger partial charge in [0.25, 0.3) is 0 Å². The molecule has 0 fully saturated rings. The lowest BCUT2D eigenvalue weighted by molar-refractivity contribution is -0.161. The second-order valence-corrected chi connectivity index (χ2v) is 28.4. The van der Waals surface area contributed by atoms with Gasteiger partial charge in [-0.3, -0.25) is 37.3 Å². The van der Waals surface area contributed by atoms with Crippen molar-refractivity contribution >= 4 is 39.5 Å². The lowest BCUT2D eigenvalue weighted by Gasteiger charge is -2.21. The molecule has 85 heavy (non-hydrogen) atoms. The van der Waals surface area contributed by atoms with E-state index in [9.17, 15) is 43.2 Å². The van der Waals surface area contributed by atoms with E-state index in [0.717, 1.165) is 115 Å². The Bertz CT molecular complexity index is 1700. The van der Waals surface area contributed by atoms with Crippen LogP contribution >= 0.6 is 15.6 Å². The van der Waals surface area contributed by atoms with Crippen molar-refractivity contribution in [1.82, 2.24) is 0 Å². The molecule has 0 aromatic heterocycles. The Labute approximate surface area is 517 Å². The van der Waals surface area contributed by atoms with E-state index in [0.29, 0.717) is 37.5 Å². The van der Waals surface area contributed by atoms with Crippen LogP contribution in [-0.4, -0.2) is 96.7 Å². The number of hydrogen-bond acceptors (Lipinski definition) is 15. The number of carbonyl (C=O) groups is 4. The van der Waals surface area contributed by atoms with Crippen molar-refractivity contribution < 1.29 is 80.2 Å². The van der Waals surface area contributed by atoms with Gasteiger partial charge in [-0.05, 0) is 49.4 Å². The van der Waals surface area contributed by atoms with Crippen molar-refractivity contribution in [2.75, 3.05) is 39.6 Å². The highest BCUT2D eigenvalue weighted by atomic mass is 31.2. The summed E-state index contributed by atoms with van der Waals surface area (Å²) in [6, 6.07) is 0. The van der Waals surface area contributed by atoms with Crippen LogP contribution in [0.4, 0.5) is 0 Å². The van der Waals surface area contributed by atoms with Crippen LogP contribution in [-0.2, 0) is 65.4 Å². The van der Waals surface area contributed by atoms with E-state index in [2.05, 4.69) is 55.4 Å². The molecular formula is C66H128O17P2. The molecular weight excluding hydrogens is 1130 g/mol. The number of hydrogen-bond donors (Lipinski definition) is 3. The molecule has 0 aliphatic heterocycles. The van der Waals surface area contributed by atoms with Gasteiger partial charge in [0.2, 0.25) is 0 Å². The second kappa shape index (κ2) is 56.1. The van der Waals surface area contributed by atoms with Crippen LogP contribution in [0.15, 0.2) is 0 Å². The average molecular weight is 1260 g/mol. The molecule has 0 rings (SSSR count). The van der Waals surface area contributed by atoms with Crippen LogP contribution in [0.5, 0.6) is 0 Å². The van der Waals surface area contributed by atoms with Gasteiger partial charge in [-0.15, -0.1) is 0 Å². The number of aliphatic hydroxyl groups is 1. The number of ether oxygens (including phenoxy) is 4. The standard InChI is InChI=1S/C66H128O17P2/c1-9-59(8)45-37-29-24-25-31-39-47-64(69)77-53-62(82-65(70)48-40-32-21-15-13-11-10-12-14-18-26-34-42-56(2)3)55-81-85(74,75)79-51-60(67)50-78-84(72,73)80-54-61(83-66(71)49-41-33-23-17-20-28-36-44-58(6)7)52-76-63(68)46-38-30-22-16-19-27-35-43-57(4)5/h56-62,67H,9-55H2,1-8H3,(H,72,73)(H,74,75)/t59?,60?,61-,62-/m1/s1. The zero-order chi connectivity index (χ0) is 63.2. The van der Waals surface area contributed by atoms with Crippen molar-refractivity contribution in [2.24, 2.45) is 23.7 Å². The van der Waals surface area contributed by atoms with E-state index < -0.39 is 97.5 Å². The number of phosphoric ester groups is 2. The number of unbranched alkanes of at least 4 members (excludes halogenated alkanes) is 28. The fraction of sp³-hybridized carbons (Fsp3) is 0.939. The zero-order valence-electron chi connectivity index (χ0n) is 55.2. The lowest BCUT2D eigenvalue weighted by atomic mass is 10.00. The highest BCUT2D eigenvalue weighted by Gasteiger charge is 2.30. The summed E-state index contributed by atoms with van der Waals surface area (Å²) in [7, 11) is -9.89. The second-order valence-electron chi connectivity index (χ2n) is 25.5. The van der Waals surface area contributed by atoms with E-state index in [4.69, 9.17) is 37.0 Å². The third-order valence-electron chi connectivity index (χ3n) is 15.4. The van der Waals surface area contributed by atoms with Crippen molar-refractivity contribution in [3.05, 3.63) is 0 Å². The Kier molecular flexibility index (Phi) is 54.8. The topological polar surface area (TPSA) is 237 Å². The van der Waals surface area contributed by atoms with E-state index in [1.165, 1.54) is 109 Å². The summed E-state index contributed by atoms with van der Waals surface area (Å²) in [6.45, 7) is 14.0. The van der Waals surface area contributed by atoms with Gasteiger partial charge < -0.3 is 33.8 Å². The van der Waals surface area contributed by atoms with Crippen LogP contribution in [0, 0.1) is 23.7 Å². The first-order chi connectivity index (χ1) is 40.6. The molecule has 0 radical (unpaired) electrons. The smallest absolute Gasteiger partial charge is 0.462 e. The van der Waals surface area contributed by atoms with Gasteiger partial charge in [0.1, 0.15) is 19.3 Å². The zero-order valence-corrected chi connectivity index (χ0v) is 57.0. The molecule has 17 nitrogen and oxygen atoms in total. The van der Waals surface area contributed by atoms with Crippen LogP contribution in [0.2, 0.25) is 0 Å².